The van der Waals surface area contributed by atoms with E-state index in [1.54, 1.807) is 29.2 Å². The van der Waals surface area contributed by atoms with Gasteiger partial charge >= 0.3 is 0 Å². The normalized spacial score (nSPS) is 29.1. The van der Waals surface area contributed by atoms with E-state index in [-0.39, 0.29) is 17.9 Å². The van der Waals surface area contributed by atoms with Crippen molar-refractivity contribution in [3.8, 4) is 0 Å². The zero-order chi connectivity index (χ0) is 21.0. The highest BCUT2D eigenvalue weighted by Crippen LogP contribution is 2.53. The second-order valence-electron chi connectivity index (χ2n) is 8.84. The van der Waals surface area contributed by atoms with Crippen LogP contribution in [0.1, 0.15) is 31.1 Å². The molecule has 3 aliphatic rings. The average Bonchev–Trinajstić information content (AvgIpc) is 3.50. The smallest absolute Gasteiger partial charge is 0.234 e. The van der Waals surface area contributed by atoms with Gasteiger partial charge in [0.1, 0.15) is 11.4 Å². The van der Waals surface area contributed by atoms with Crippen LogP contribution in [0.15, 0.2) is 59.2 Å². The number of anilines is 1. The summed E-state index contributed by atoms with van der Waals surface area (Å²) in [6, 6.07) is 11.7. The Kier molecular flexibility index (Phi) is 4.36. The van der Waals surface area contributed by atoms with Crippen LogP contribution in [0.2, 0.25) is 0 Å². The van der Waals surface area contributed by atoms with E-state index in [0.717, 1.165) is 5.69 Å². The number of amides is 2. The molecular formula is C24H26N2O4. The molecule has 6 nitrogen and oxygen atoms in total. The molecule has 1 aromatic carbocycles. The van der Waals surface area contributed by atoms with E-state index in [9.17, 15) is 9.59 Å². The Morgan fingerprint density at radius 2 is 2.03 bits per heavy atom. The quantitative estimate of drug-likeness (QED) is 0.715. The number of fused-ring (bicyclic) bond motifs is 1. The minimum Gasteiger partial charge on any atom is -0.467 e. The topological polar surface area (TPSA) is 63.0 Å². The molecule has 1 spiro atoms. The fourth-order valence-electron chi connectivity index (χ4n) is 5.01. The van der Waals surface area contributed by atoms with Crippen LogP contribution < -0.4 is 4.90 Å². The van der Waals surface area contributed by atoms with Crippen LogP contribution in [0, 0.1) is 11.8 Å². The van der Waals surface area contributed by atoms with Crippen LogP contribution in [-0.4, -0.2) is 42.0 Å². The van der Waals surface area contributed by atoms with Crippen molar-refractivity contribution >= 4 is 17.5 Å². The van der Waals surface area contributed by atoms with Gasteiger partial charge in [0, 0.05) is 12.7 Å². The second kappa shape index (κ2) is 6.84. The van der Waals surface area contributed by atoms with Crippen LogP contribution in [0.3, 0.4) is 0 Å². The first-order valence-electron chi connectivity index (χ1n) is 10.5. The van der Waals surface area contributed by atoms with Gasteiger partial charge in [-0.15, -0.1) is 0 Å². The largest absolute Gasteiger partial charge is 0.467 e. The highest BCUT2D eigenvalue weighted by atomic mass is 16.5. The Labute approximate surface area is 176 Å². The number of rotatable bonds is 5. The lowest BCUT2D eigenvalue weighted by atomic mass is 9.76. The van der Waals surface area contributed by atoms with Gasteiger partial charge in [-0.3, -0.25) is 9.59 Å². The predicted octanol–water partition coefficient (Wildman–Crippen LogP) is 3.35. The first-order chi connectivity index (χ1) is 14.4. The van der Waals surface area contributed by atoms with Crippen LogP contribution >= 0.6 is 0 Å². The molecule has 0 N–H and O–H groups in total. The summed E-state index contributed by atoms with van der Waals surface area (Å²) in [7, 11) is 1.75. The lowest BCUT2D eigenvalue weighted by Crippen LogP contribution is -2.44. The van der Waals surface area contributed by atoms with Crippen molar-refractivity contribution in [3.63, 3.8) is 0 Å². The Hall–Kier alpha value is -2.86. The Bertz CT molecular complexity index is 995. The standard InChI is InChI=1S/C24H26N2O4/c1-15(2)16-6-8-17(9-7-16)26-14-24-11-10-19(30-24)20(21(24)23(26)28)22(27)25(3)13-18-5-4-12-29-18/h4-12,15,19-21H,13-14H2,1-3H3/t19-,20?,21?,24-/m0/s1. The molecule has 156 valence electrons. The fraction of sp³-hybridized carbons (Fsp3) is 0.417. The summed E-state index contributed by atoms with van der Waals surface area (Å²) in [4.78, 5) is 30.2. The lowest BCUT2D eigenvalue weighted by Gasteiger charge is -2.27. The minimum atomic E-state index is -0.718. The van der Waals surface area contributed by atoms with Crippen LogP contribution in [0.25, 0.3) is 0 Å². The molecule has 3 aliphatic heterocycles. The van der Waals surface area contributed by atoms with Gasteiger partial charge in [-0.05, 0) is 35.7 Å². The molecule has 0 saturated carbocycles. The van der Waals surface area contributed by atoms with Crippen molar-refractivity contribution in [1.29, 1.82) is 0 Å². The van der Waals surface area contributed by atoms with E-state index >= 15 is 0 Å². The maximum Gasteiger partial charge on any atom is 0.234 e. The lowest BCUT2D eigenvalue weighted by molar-refractivity contribution is -0.139. The Balaban J connectivity index is 1.40. The molecule has 0 radical (unpaired) electrons. The molecule has 2 saturated heterocycles. The van der Waals surface area contributed by atoms with Gasteiger partial charge in [0.2, 0.25) is 11.8 Å². The summed E-state index contributed by atoms with van der Waals surface area (Å²) in [5.41, 5.74) is 1.36. The molecule has 2 bridgehead atoms. The molecule has 2 aromatic rings. The molecule has 0 aliphatic carbocycles. The maximum absolute atomic E-state index is 13.5. The molecule has 30 heavy (non-hydrogen) atoms. The number of ether oxygens (including phenoxy) is 1. The number of nitrogens with zero attached hydrogens (tertiary/aromatic N) is 2. The van der Waals surface area contributed by atoms with Crippen LogP contribution in [0.5, 0.6) is 0 Å². The van der Waals surface area contributed by atoms with Crippen molar-refractivity contribution in [2.24, 2.45) is 11.8 Å². The van der Waals surface area contributed by atoms with Crippen LogP contribution in [-0.2, 0) is 20.9 Å². The number of hydrogen-bond donors (Lipinski definition) is 0. The van der Waals surface area contributed by atoms with E-state index < -0.39 is 17.4 Å². The van der Waals surface area contributed by atoms with E-state index in [1.807, 2.05) is 30.4 Å². The van der Waals surface area contributed by atoms with Crippen LogP contribution in [0.4, 0.5) is 5.69 Å². The molecule has 2 unspecified atom stereocenters. The molecule has 6 heteroatoms. The number of benzene rings is 1. The average molecular weight is 406 g/mol. The number of hydrogen-bond acceptors (Lipinski definition) is 4. The SMILES string of the molecule is CC(C)c1ccc(N2C[C@]34C=C[C@H](O3)C(C(=O)N(C)Cc3ccco3)C4C2=O)cc1. The highest BCUT2D eigenvalue weighted by Gasteiger charge is 2.67. The van der Waals surface area contributed by atoms with E-state index in [4.69, 9.17) is 9.15 Å². The number of carbonyl (C=O) groups excluding carboxylic acids is 2. The summed E-state index contributed by atoms with van der Waals surface area (Å²) in [6.07, 6.45) is 5.17. The fourth-order valence-corrected chi connectivity index (χ4v) is 5.01. The number of carbonyl (C=O) groups is 2. The second-order valence-corrected chi connectivity index (χ2v) is 8.84. The van der Waals surface area contributed by atoms with Gasteiger partial charge in [-0.2, -0.15) is 0 Å². The summed E-state index contributed by atoms with van der Waals surface area (Å²) in [6.45, 7) is 5.10. The first-order valence-corrected chi connectivity index (χ1v) is 10.5. The minimum absolute atomic E-state index is 0.0381. The molecule has 5 rings (SSSR count). The third-order valence-electron chi connectivity index (χ3n) is 6.61. The van der Waals surface area contributed by atoms with Gasteiger partial charge in [0.05, 0.1) is 37.3 Å². The summed E-state index contributed by atoms with van der Waals surface area (Å²) in [5.74, 6) is 0.0118. The molecular weight excluding hydrogens is 380 g/mol. The summed E-state index contributed by atoms with van der Waals surface area (Å²) >= 11 is 0. The third kappa shape index (κ3) is 2.82. The monoisotopic (exact) mass is 406 g/mol. The van der Waals surface area contributed by atoms with E-state index in [0.29, 0.717) is 24.8 Å². The molecule has 4 heterocycles. The van der Waals surface area contributed by atoms with Gasteiger partial charge in [-0.1, -0.05) is 38.1 Å². The third-order valence-corrected chi connectivity index (χ3v) is 6.61. The van der Waals surface area contributed by atoms with Crippen molar-refractivity contribution in [2.75, 3.05) is 18.5 Å². The Morgan fingerprint density at radius 1 is 1.27 bits per heavy atom. The van der Waals surface area contributed by atoms with Crippen molar-refractivity contribution in [1.82, 2.24) is 4.90 Å². The maximum atomic E-state index is 13.5. The zero-order valence-electron chi connectivity index (χ0n) is 17.4. The molecule has 2 amide bonds. The molecule has 2 fully saturated rings. The predicted molar refractivity (Wildman–Crippen MR) is 112 cm³/mol. The van der Waals surface area contributed by atoms with E-state index in [1.165, 1.54) is 5.56 Å². The van der Waals surface area contributed by atoms with Gasteiger partial charge in [-0.25, -0.2) is 0 Å². The van der Waals surface area contributed by atoms with Crippen molar-refractivity contribution in [3.05, 3.63) is 66.1 Å². The number of furan rings is 1. The van der Waals surface area contributed by atoms with Gasteiger partial charge in [0.25, 0.3) is 0 Å². The van der Waals surface area contributed by atoms with Gasteiger partial charge < -0.3 is 19.0 Å². The van der Waals surface area contributed by atoms with Crippen molar-refractivity contribution < 1.29 is 18.7 Å². The van der Waals surface area contributed by atoms with Gasteiger partial charge in [0.15, 0.2) is 0 Å². The first kappa shape index (κ1) is 19.1. The Morgan fingerprint density at radius 3 is 2.70 bits per heavy atom. The molecule has 4 atom stereocenters. The van der Waals surface area contributed by atoms with E-state index in [2.05, 4.69) is 26.0 Å². The zero-order valence-corrected chi connectivity index (χ0v) is 17.4. The highest BCUT2D eigenvalue weighted by molar-refractivity contribution is 6.03. The van der Waals surface area contributed by atoms with Crippen molar-refractivity contribution in [2.45, 2.75) is 38.0 Å². The summed E-state index contributed by atoms with van der Waals surface area (Å²) < 4.78 is 11.6. The molecule has 1 aromatic heterocycles. The summed E-state index contributed by atoms with van der Waals surface area (Å²) in [5, 5.41) is 0.